The van der Waals surface area contributed by atoms with Gasteiger partial charge in [-0.05, 0) is 50.5 Å². The summed E-state index contributed by atoms with van der Waals surface area (Å²) in [6, 6.07) is 7.65. The van der Waals surface area contributed by atoms with Gasteiger partial charge in [-0.25, -0.2) is 0 Å². The maximum absolute atomic E-state index is 12.8. The zero-order chi connectivity index (χ0) is 15.5. The number of benzene rings is 1. The summed E-state index contributed by atoms with van der Waals surface area (Å²) in [6.45, 7) is 2.77. The standard InChI is InChI=1S/C16H21N5O/c1-12(17)15-4-2-3-9-21(15)16(22)13-5-7-14(8-6-13)20-10-18-19-11-20/h5-8,10-12,15H,2-4,9,17H2,1H3. The van der Waals surface area contributed by atoms with Gasteiger partial charge in [-0.3, -0.25) is 9.36 Å². The molecule has 1 aromatic carbocycles. The summed E-state index contributed by atoms with van der Waals surface area (Å²) in [5, 5.41) is 7.57. The largest absolute Gasteiger partial charge is 0.334 e. The molecule has 1 aliphatic heterocycles. The van der Waals surface area contributed by atoms with Gasteiger partial charge in [-0.2, -0.15) is 0 Å². The number of likely N-dealkylation sites (tertiary alicyclic amines) is 1. The summed E-state index contributed by atoms with van der Waals surface area (Å²) in [4.78, 5) is 14.7. The van der Waals surface area contributed by atoms with Crippen LogP contribution in [0.1, 0.15) is 36.5 Å². The van der Waals surface area contributed by atoms with Crippen LogP contribution in [0.3, 0.4) is 0 Å². The third kappa shape index (κ3) is 2.87. The molecule has 0 saturated carbocycles. The van der Waals surface area contributed by atoms with Gasteiger partial charge in [0.25, 0.3) is 5.91 Å². The first-order valence-electron chi connectivity index (χ1n) is 7.68. The molecule has 0 spiro atoms. The number of rotatable bonds is 3. The van der Waals surface area contributed by atoms with Crippen molar-refractivity contribution in [3.63, 3.8) is 0 Å². The second kappa shape index (κ2) is 6.27. The molecule has 3 rings (SSSR count). The third-order valence-electron chi connectivity index (χ3n) is 4.25. The Hall–Kier alpha value is -2.21. The Morgan fingerprint density at radius 2 is 1.91 bits per heavy atom. The van der Waals surface area contributed by atoms with E-state index in [1.54, 1.807) is 17.2 Å². The van der Waals surface area contributed by atoms with Gasteiger partial charge >= 0.3 is 0 Å². The molecular weight excluding hydrogens is 278 g/mol. The molecule has 6 heteroatoms. The van der Waals surface area contributed by atoms with E-state index in [1.165, 1.54) is 0 Å². The number of carbonyl (C=O) groups is 1. The molecular formula is C16H21N5O. The summed E-state index contributed by atoms with van der Waals surface area (Å²) in [5.74, 6) is 0.0670. The van der Waals surface area contributed by atoms with Crippen molar-refractivity contribution in [1.29, 1.82) is 0 Å². The molecule has 6 nitrogen and oxygen atoms in total. The fourth-order valence-electron chi connectivity index (χ4n) is 3.03. The van der Waals surface area contributed by atoms with Gasteiger partial charge in [0.05, 0.1) is 0 Å². The van der Waals surface area contributed by atoms with Crippen LogP contribution in [-0.2, 0) is 0 Å². The normalized spacial score (nSPS) is 19.9. The molecule has 1 amide bonds. The van der Waals surface area contributed by atoms with Crippen molar-refractivity contribution in [3.8, 4) is 5.69 Å². The lowest BCUT2D eigenvalue weighted by atomic mass is 9.96. The number of piperidine rings is 1. The Balaban J connectivity index is 1.79. The maximum atomic E-state index is 12.8. The summed E-state index contributed by atoms with van der Waals surface area (Å²) >= 11 is 0. The maximum Gasteiger partial charge on any atom is 0.254 e. The van der Waals surface area contributed by atoms with Crippen molar-refractivity contribution in [2.24, 2.45) is 5.73 Å². The van der Waals surface area contributed by atoms with Crippen molar-refractivity contribution >= 4 is 5.91 Å². The van der Waals surface area contributed by atoms with Crippen LogP contribution in [0.5, 0.6) is 0 Å². The van der Waals surface area contributed by atoms with Crippen LogP contribution in [0.25, 0.3) is 5.69 Å². The molecule has 2 atom stereocenters. The molecule has 2 heterocycles. The van der Waals surface area contributed by atoms with Crippen molar-refractivity contribution in [1.82, 2.24) is 19.7 Å². The predicted molar refractivity (Wildman–Crippen MR) is 83.7 cm³/mol. The molecule has 2 N–H and O–H groups in total. The van der Waals surface area contributed by atoms with Crippen molar-refractivity contribution in [3.05, 3.63) is 42.5 Å². The average molecular weight is 299 g/mol. The Morgan fingerprint density at radius 1 is 1.23 bits per heavy atom. The average Bonchev–Trinajstić information content (AvgIpc) is 3.09. The Morgan fingerprint density at radius 3 is 2.55 bits per heavy atom. The number of hydrogen-bond acceptors (Lipinski definition) is 4. The zero-order valence-corrected chi connectivity index (χ0v) is 12.7. The lowest BCUT2D eigenvalue weighted by molar-refractivity contribution is 0.0584. The van der Waals surface area contributed by atoms with Crippen LogP contribution >= 0.6 is 0 Å². The minimum atomic E-state index is 0.000506. The number of aromatic nitrogens is 3. The monoisotopic (exact) mass is 299 g/mol. The Bertz CT molecular complexity index is 620. The van der Waals surface area contributed by atoms with E-state index in [4.69, 9.17) is 5.73 Å². The van der Waals surface area contributed by atoms with Crippen molar-refractivity contribution in [2.75, 3.05) is 6.54 Å². The fraction of sp³-hybridized carbons (Fsp3) is 0.438. The van der Waals surface area contributed by atoms with Crippen LogP contribution in [0.4, 0.5) is 0 Å². The lowest BCUT2D eigenvalue weighted by Gasteiger charge is -2.38. The SMILES string of the molecule is CC(N)C1CCCCN1C(=O)c1ccc(-n2cnnc2)cc1. The van der Waals surface area contributed by atoms with Gasteiger partial charge in [0.1, 0.15) is 12.7 Å². The molecule has 1 aromatic heterocycles. The summed E-state index contributed by atoms with van der Waals surface area (Å²) < 4.78 is 1.81. The molecule has 22 heavy (non-hydrogen) atoms. The van der Waals surface area contributed by atoms with E-state index >= 15 is 0 Å². The van der Waals surface area contributed by atoms with Gasteiger partial charge < -0.3 is 10.6 Å². The molecule has 1 aliphatic rings. The van der Waals surface area contributed by atoms with Crippen LogP contribution in [0.15, 0.2) is 36.9 Å². The lowest BCUT2D eigenvalue weighted by Crippen LogP contribution is -2.51. The summed E-state index contributed by atoms with van der Waals surface area (Å²) in [7, 11) is 0. The van der Waals surface area contributed by atoms with Gasteiger partial charge in [0.2, 0.25) is 0 Å². The summed E-state index contributed by atoms with van der Waals surface area (Å²) in [5.41, 5.74) is 7.68. The highest BCUT2D eigenvalue weighted by molar-refractivity contribution is 5.94. The zero-order valence-electron chi connectivity index (χ0n) is 12.7. The first-order chi connectivity index (χ1) is 10.7. The van der Waals surface area contributed by atoms with E-state index in [0.717, 1.165) is 31.5 Å². The highest BCUT2D eigenvalue weighted by Gasteiger charge is 2.29. The van der Waals surface area contributed by atoms with Gasteiger partial charge in [-0.15, -0.1) is 10.2 Å². The van der Waals surface area contributed by atoms with E-state index in [9.17, 15) is 4.79 Å². The van der Waals surface area contributed by atoms with Gasteiger partial charge in [0.15, 0.2) is 0 Å². The Labute approximate surface area is 129 Å². The fourth-order valence-corrected chi connectivity index (χ4v) is 3.03. The van der Waals surface area contributed by atoms with Crippen LogP contribution < -0.4 is 5.73 Å². The number of nitrogens with zero attached hydrogens (tertiary/aromatic N) is 4. The van der Waals surface area contributed by atoms with E-state index < -0.39 is 0 Å². The first-order valence-corrected chi connectivity index (χ1v) is 7.68. The minimum Gasteiger partial charge on any atom is -0.334 e. The highest BCUT2D eigenvalue weighted by Crippen LogP contribution is 2.22. The highest BCUT2D eigenvalue weighted by atomic mass is 16.2. The molecule has 0 radical (unpaired) electrons. The van der Waals surface area contributed by atoms with E-state index in [2.05, 4.69) is 10.2 Å². The molecule has 0 bridgehead atoms. The molecule has 2 aromatic rings. The van der Waals surface area contributed by atoms with E-state index in [1.807, 2.05) is 36.1 Å². The van der Waals surface area contributed by atoms with Crippen LogP contribution in [0, 0.1) is 0 Å². The third-order valence-corrected chi connectivity index (χ3v) is 4.25. The summed E-state index contributed by atoms with van der Waals surface area (Å²) in [6.07, 6.45) is 6.44. The van der Waals surface area contributed by atoms with Crippen LogP contribution in [0.2, 0.25) is 0 Å². The van der Waals surface area contributed by atoms with E-state index in [0.29, 0.717) is 5.56 Å². The molecule has 0 aliphatic carbocycles. The van der Waals surface area contributed by atoms with Gasteiger partial charge in [-0.1, -0.05) is 0 Å². The second-order valence-corrected chi connectivity index (χ2v) is 5.84. The Kier molecular flexibility index (Phi) is 4.20. The molecule has 116 valence electrons. The number of amides is 1. The molecule has 1 fully saturated rings. The number of nitrogens with two attached hydrogens (primary N) is 1. The number of carbonyl (C=O) groups excluding carboxylic acids is 1. The topological polar surface area (TPSA) is 77.0 Å². The molecule has 2 unspecified atom stereocenters. The predicted octanol–water partition coefficient (Wildman–Crippen LogP) is 1.61. The second-order valence-electron chi connectivity index (χ2n) is 5.84. The smallest absolute Gasteiger partial charge is 0.254 e. The van der Waals surface area contributed by atoms with E-state index in [-0.39, 0.29) is 18.0 Å². The minimum absolute atomic E-state index is 0.000506. The number of hydrogen-bond donors (Lipinski definition) is 1. The van der Waals surface area contributed by atoms with Crippen molar-refractivity contribution < 1.29 is 4.79 Å². The first kappa shape index (κ1) is 14.7. The van der Waals surface area contributed by atoms with Crippen molar-refractivity contribution in [2.45, 2.75) is 38.3 Å². The van der Waals surface area contributed by atoms with Gasteiger partial charge in [0, 0.05) is 29.9 Å². The molecule has 1 saturated heterocycles. The van der Waals surface area contributed by atoms with Crippen LogP contribution in [-0.4, -0.2) is 44.2 Å². The quantitative estimate of drug-likeness (QED) is 0.934.